The van der Waals surface area contributed by atoms with Crippen molar-refractivity contribution in [3.63, 3.8) is 0 Å². The molecule has 0 spiro atoms. The molecule has 0 N–H and O–H groups in total. The number of hydrogen-bond donors (Lipinski definition) is 0. The maximum atomic E-state index is 13.7. The number of ketones is 2. The Balaban J connectivity index is 1.36. The predicted octanol–water partition coefficient (Wildman–Crippen LogP) is 11.2. The summed E-state index contributed by atoms with van der Waals surface area (Å²) in [5.41, 5.74) is 7.71. The van der Waals surface area contributed by atoms with Gasteiger partial charge in [-0.3, -0.25) is 9.59 Å². The van der Waals surface area contributed by atoms with E-state index in [1.165, 1.54) is 35.7 Å². The first kappa shape index (κ1) is 35.2. The van der Waals surface area contributed by atoms with Gasteiger partial charge in [-0.15, -0.1) is 0 Å². The molecule has 0 bridgehead atoms. The number of nitrogens with zero attached hydrogens (tertiary/aromatic N) is 1. The van der Waals surface area contributed by atoms with E-state index in [1.807, 2.05) is 24.3 Å². The minimum atomic E-state index is -1.66. The smallest absolute Gasteiger partial charge is 0.198 e. The molecular weight excluding hydrogens is 647 g/mol. The minimum absolute atomic E-state index is 0.0913. The number of Topliss-reactive ketones (excluding diaryl/α,β-unsaturated/α-hetero) is 2. The lowest BCUT2D eigenvalue weighted by molar-refractivity contribution is 0.0987. The molecule has 0 radical (unpaired) electrons. The van der Waals surface area contributed by atoms with Crippen LogP contribution in [0.2, 0.25) is 45.3 Å². The molecule has 4 nitrogen and oxygen atoms in total. The van der Waals surface area contributed by atoms with Crippen LogP contribution in [0.25, 0.3) is 6.08 Å². The standard InChI is InChI=1S/C44H57NO3Si2/c1-42(2)21-23-45-24-22-44(50(7,8)9,29-49(4,5)6)36-26-30(25-35(42)39(36)45)17-18-32-27-31(28-37(48-32)43(3)19-13-10-14-20-43)38-40(46)33-15-11-12-16-34(33)41(38)47/h11-12,15-18,25-28H,10,13-14,19-24,29H2,1-9H3/b18-17+. The van der Waals surface area contributed by atoms with Crippen LogP contribution < -0.4 is 4.90 Å². The summed E-state index contributed by atoms with van der Waals surface area (Å²) in [4.78, 5) is 30.1. The molecule has 264 valence electrons. The largest absolute Gasteiger partial charge is 0.461 e. The Morgan fingerprint density at radius 2 is 1.40 bits per heavy atom. The number of rotatable bonds is 6. The fourth-order valence-electron chi connectivity index (χ4n) is 9.77. The first-order valence-electron chi connectivity index (χ1n) is 19.1. The van der Waals surface area contributed by atoms with Gasteiger partial charge in [-0.1, -0.05) is 116 Å². The average Bonchev–Trinajstić information content (AvgIpc) is 3.31. The molecule has 3 heterocycles. The van der Waals surface area contributed by atoms with E-state index in [4.69, 9.17) is 4.74 Å². The Labute approximate surface area is 302 Å². The van der Waals surface area contributed by atoms with E-state index < -0.39 is 16.1 Å². The molecule has 3 aliphatic heterocycles. The van der Waals surface area contributed by atoms with Crippen LogP contribution in [0.1, 0.15) is 103 Å². The summed E-state index contributed by atoms with van der Waals surface area (Å²) in [6.07, 6.45) is 16.3. The second kappa shape index (κ2) is 12.2. The van der Waals surface area contributed by atoms with Crippen molar-refractivity contribution in [1.29, 1.82) is 0 Å². The normalized spacial score (nSPS) is 24.5. The summed E-state index contributed by atoms with van der Waals surface area (Å²) in [5, 5.41) is 0.233. The van der Waals surface area contributed by atoms with Gasteiger partial charge in [-0.2, -0.15) is 0 Å². The van der Waals surface area contributed by atoms with E-state index in [0.29, 0.717) is 22.5 Å². The Hall–Kier alpha value is -3.23. The van der Waals surface area contributed by atoms with E-state index in [2.05, 4.69) is 89.2 Å². The molecule has 0 saturated heterocycles. The molecule has 2 aromatic rings. The van der Waals surface area contributed by atoms with Crippen molar-refractivity contribution in [3.8, 4) is 0 Å². The van der Waals surface area contributed by atoms with E-state index in [1.54, 1.807) is 17.7 Å². The molecule has 6 heteroatoms. The fourth-order valence-corrected chi connectivity index (χ4v) is 17.5. The van der Waals surface area contributed by atoms with Crippen LogP contribution in [-0.4, -0.2) is 40.8 Å². The van der Waals surface area contributed by atoms with Crippen molar-refractivity contribution in [3.05, 3.63) is 105 Å². The number of anilines is 1. The minimum Gasteiger partial charge on any atom is -0.461 e. The molecule has 1 saturated carbocycles. The Kier molecular flexibility index (Phi) is 8.58. The molecule has 2 aromatic carbocycles. The Morgan fingerprint density at radius 3 is 2.02 bits per heavy atom. The van der Waals surface area contributed by atoms with Gasteiger partial charge in [0.1, 0.15) is 11.5 Å². The van der Waals surface area contributed by atoms with Crippen LogP contribution in [0.15, 0.2) is 77.3 Å². The molecule has 2 aliphatic carbocycles. The van der Waals surface area contributed by atoms with Crippen LogP contribution in [0.3, 0.4) is 0 Å². The van der Waals surface area contributed by atoms with Gasteiger partial charge in [0.25, 0.3) is 0 Å². The third kappa shape index (κ3) is 5.98. The van der Waals surface area contributed by atoms with E-state index in [-0.39, 0.29) is 33.0 Å². The monoisotopic (exact) mass is 703 g/mol. The van der Waals surface area contributed by atoms with E-state index >= 15 is 0 Å². The van der Waals surface area contributed by atoms with Crippen LogP contribution in [0.5, 0.6) is 0 Å². The van der Waals surface area contributed by atoms with Crippen molar-refractivity contribution in [1.82, 2.24) is 0 Å². The summed E-state index contributed by atoms with van der Waals surface area (Å²) >= 11 is 0. The molecule has 50 heavy (non-hydrogen) atoms. The van der Waals surface area contributed by atoms with Gasteiger partial charge in [0.15, 0.2) is 11.6 Å². The average molecular weight is 704 g/mol. The second-order valence-corrected chi connectivity index (χ2v) is 30.0. The molecule has 1 atom stereocenters. The van der Waals surface area contributed by atoms with Crippen molar-refractivity contribution >= 4 is 39.5 Å². The first-order valence-corrected chi connectivity index (χ1v) is 26.3. The quantitative estimate of drug-likeness (QED) is 0.171. The number of ether oxygens (including phenoxy) is 1. The van der Waals surface area contributed by atoms with Crippen LogP contribution >= 0.6 is 0 Å². The van der Waals surface area contributed by atoms with Gasteiger partial charge in [0.2, 0.25) is 0 Å². The lowest BCUT2D eigenvalue weighted by Crippen LogP contribution is -2.58. The lowest BCUT2D eigenvalue weighted by Gasteiger charge is -2.56. The summed E-state index contributed by atoms with van der Waals surface area (Å²) in [7, 11) is -3.07. The zero-order valence-corrected chi connectivity index (χ0v) is 34.0. The highest BCUT2D eigenvalue weighted by Crippen LogP contribution is 2.55. The Morgan fingerprint density at radius 1 is 0.780 bits per heavy atom. The SMILES string of the molecule is CC1(C2=CC(=C3C(=O)c4ccccc4C3=O)C=C(/C=C/c3cc4c5c(c3)C(C[Si](C)(C)C)([Si](C)(C)C)CCN5CCC4(C)C)O2)CCCCC1. The van der Waals surface area contributed by atoms with E-state index in [0.717, 1.165) is 51.0 Å². The first-order chi connectivity index (χ1) is 23.4. The van der Waals surface area contributed by atoms with Crippen molar-refractivity contribution in [2.24, 2.45) is 5.41 Å². The zero-order chi connectivity index (χ0) is 35.9. The van der Waals surface area contributed by atoms with E-state index in [9.17, 15) is 9.59 Å². The molecule has 0 amide bonds. The molecular formula is C44H57NO3Si2. The molecule has 1 fully saturated rings. The molecule has 1 unspecified atom stereocenters. The van der Waals surface area contributed by atoms with Gasteiger partial charge < -0.3 is 9.64 Å². The number of allylic oxidation sites excluding steroid dienone is 6. The summed E-state index contributed by atoms with van der Waals surface area (Å²) in [5.74, 6) is 1.21. The van der Waals surface area contributed by atoms with Gasteiger partial charge in [-0.05, 0) is 88.8 Å². The number of fused-ring (bicyclic) bond motifs is 1. The maximum absolute atomic E-state index is 13.7. The second-order valence-electron chi connectivity index (χ2n) is 19.1. The summed E-state index contributed by atoms with van der Waals surface area (Å²) < 4.78 is 6.77. The fraction of sp³-hybridized carbons (Fsp3) is 0.500. The van der Waals surface area contributed by atoms with Crippen molar-refractivity contribution in [2.45, 2.75) is 121 Å². The number of benzene rings is 2. The van der Waals surface area contributed by atoms with Gasteiger partial charge >= 0.3 is 0 Å². The van der Waals surface area contributed by atoms with Crippen LogP contribution in [0.4, 0.5) is 5.69 Å². The highest BCUT2D eigenvalue weighted by Gasteiger charge is 2.52. The summed E-state index contributed by atoms with van der Waals surface area (Å²) in [6, 6.07) is 13.5. The zero-order valence-electron chi connectivity index (χ0n) is 32.0. The maximum Gasteiger partial charge on any atom is 0.198 e. The molecule has 7 rings (SSSR count). The highest BCUT2D eigenvalue weighted by atomic mass is 28.3. The molecule has 0 aromatic heterocycles. The third-order valence-corrected chi connectivity index (χ3v) is 18.3. The number of hydrogen-bond acceptors (Lipinski definition) is 4. The third-order valence-electron chi connectivity index (χ3n) is 12.7. The van der Waals surface area contributed by atoms with Crippen molar-refractivity contribution in [2.75, 3.05) is 18.0 Å². The lowest BCUT2D eigenvalue weighted by atomic mass is 9.72. The van der Waals surface area contributed by atoms with Gasteiger partial charge in [-0.25, -0.2) is 0 Å². The highest BCUT2D eigenvalue weighted by molar-refractivity contribution is 6.83. The number of carbonyl (C=O) groups excluding carboxylic acids is 2. The van der Waals surface area contributed by atoms with Crippen molar-refractivity contribution < 1.29 is 14.3 Å². The van der Waals surface area contributed by atoms with Crippen LogP contribution in [0, 0.1) is 5.41 Å². The predicted molar refractivity (Wildman–Crippen MR) is 214 cm³/mol. The molecule has 5 aliphatic rings. The van der Waals surface area contributed by atoms with Crippen LogP contribution in [-0.2, 0) is 15.2 Å². The number of carbonyl (C=O) groups is 2. The topological polar surface area (TPSA) is 46.6 Å². The Bertz CT molecular complexity index is 1850. The van der Waals surface area contributed by atoms with Gasteiger partial charge in [0.05, 0.1) is 13.6 Å². The van der Waals surface area contributed by atoms with Gasteiger partial charge in [0, 0.05) is 43.4 Å². The summed E-state index contributed by atoms with van der Waals surface area (Å²) in [6.45, 7) is 24.9.